The zero-order chi connectivity index (χ0) is 10.0. The molecule has 1 aromatic heterocycles. The number of carbonyl (C=O) groups excluding carboxylic acids is 1. The van der Waals surface area contributed by atoms with Crippen LogP contribution in [0.25, 0.3) is 0 Å². The number of hydrogen-bond acceptors (Lipinski definition) is 7. The van der Waals surface area contributed by atoms with E-state index < -0.39 is 31.4 Å². The molecule has 0 saturated heterocycles. The summed E-state index contributed by atoms with van der Waals surface area (Å²) in [6.07, 6.45) is 0. The highest BCUT2D eigenvalue weighted by Crippen LogP contribution is 2.17. The average molecular weight is 208 g/mol. The number of aliphatic carboxylic acids is 1. The maximum atomic E-state index is 10.3. The highest BCUT2D eigenvalue weighted by molar-refractivity contribution is 7.32. The van der Waals surface area contributed by atoms with Gasteiger partial charge in [0.1, 0.15) is 0 Å². The Hall–Kier alpha value is -1.82. The van der Waals surface area contributed by atoms with Crippen LogP contribution in [0.4, 0.5) is 0 Å². The monoisotopic (exact) mass is 208 g/mol. The van der Waals surface area contributed by atoms with Crippen molar-refractivity contribution in [2.24, 2.45) is 0 Å². The van der Waals surface area contributed by atoms with Gasteiger partial charge in [-0.25, -0.2) is 19.2 Å². The first-order valence-electron chi connectivity index (χ1n) is 2.70. The Bertz CT molecular complexity index is 418. The zero-order valence-electron chi connectivity index (χ0n) is 5.75. The van der Waals surface area contributed by atoms with Crippen LogP contribution in [0.2, 0.25) is 0 Å². The lowest BCUT2D eigenvalue weighted by atomic mass is 10.7. The van der Waals surface area contributed by atoms with E-state index in [0.717, 1.165) is 0 Å². The summed E-state index contributed by atoms with van der Waals surface area (Å²) in [5.41, 5.74) is -2.63. The molecule has 0 bridgehead atoms. The third-order valence-corrected chi connectivity index (χ3v) is 1.76. The third kappa shape index (κ3) is 2.06. The molecule has 1 rings (SSSR count). The van der Waals surface area contributed by atoms with Gasteiger partial charge in [0.15, 0.2) is 0 Å². The van der Waals surface area contributed by atoms with E-state index in [9.17, 15) is 19.2 Å². The summed E-state index contributed by atoms with van der Waals surface area (Å²) < 4.78 is 12.0. The van der Waals surface area contributed by atoms with Gasteiger partial charge in [0.2, 0.25) is 0 Å². The van der Waals surface area contributed by atoms with Gasteiger partial charge in [-0.3, -0.25) is 0 Å². The largest absolute Gasteiger partial charge is 0.473 e. The molecule has 0 radical (unpaired) electrons. The first-order chi connectivity index (χ1) is 6.00. The van der Waals surface area contributed by atoms with Gasteiger partial charge in [0, 0.05) is 0 Å². The van der Waals surface area contributed by atoms with Crippen LogP contribution in [0.5, 0.6) is 0 Å². The fourth-order valence-corrected chi connectivity index (χ4v) is 1.12. The summed E-state index contributed by atoms with van der Waals surface area (Å²) in [5, 5.41) is 8.03. The smallest absolute Gasteiger partial charge is 0.461 e. The van der Waals surface area contributed by atoms with E-state index >= 15 is 0 Å². The molecule has 9 heteroatoms. The second-order valence-electron chi connectivity index (χ2n) is 1.66. The predicted octanol–water partition coefficient (Wildman–Crippen LogP) is -1.38. The molecule has 0 unspecified atom stereocenters. The lowest BCUT2D eigenvalue weighted by Crippen LogP contribution is -2.17. The van der Waals surface area contributed by atoms with E-state index in [1.165, 1.54) is 0 Å². The molecular weight excluding hydrogens is 207 g/mol. The number of carboxylic acids is 1. The molecule has 13 heavy (non-hydrogen) atoms. The van der Waals surface area contributed by atoms with Gasteiger partial charge in [-0.15, -0.1) is 0 Å². The lowest BCUT2D eigenvalue weighted by molar-refractivity contribution is -0.156. The Labute approximate surface area is 69.7 Å². The maximum absolute atomic E-state index is 10.3. The van der Waals surface area contributed by atoms with Gasteiger partial charge in [-0.05, 0) is 0 Å². The Morgan fingerprint density at radius 1 is 1.23 bits per heavy atom. The van der Waals surface area contributed by atoms with Crippen molar-refractivity contribution in [2.45, 2.75) is 0 Å². The maximum Gasteiger partial charge on any atom is 0.461 e. The van der Waals surface area contributed by atoms with Crippen LogP contribution in [0.3, 0.4) is 0 Å². The number of rotatable bonds is 1. The molecule has 70 valence electrons. The lowest BCUT2D eigenvalue weighted by Gasteiger charge is -1.89. The molecule has 0 aliphatic rings. The molecule has 0 aliphatic heterocycles. The van der Waals surface area contributed by atoms with Crippen molar-refractivity contribution in [3.63, 3.8) is 0 Å². The summed E-state index contributed by atoms with van der Waals surface area (Å²) in [6, 6.07) is 0. The summed E-state index contributed by atoms with van der Waals surface area (Å²) in [5.74, 6) is -3.53. The van der Waals surface area contributed by atoms with Gasteiger partial charge in [0.05, 0.1) is 0 Å². The molecule has 1 N–H and O–H groups in total. The van der Waals surface area contributed by atoms with E-state index in [1.54, 1.807) is 0 Å². The molecule has 1 aromatic rings. The van der Waals surface area contributed by atoms with E-state index in [0.29, 0.717) is 0 Å². The minimum Gasteiger partial charge on any atom is -0.473 e. The van der Waals surface area contributed by atoms with Crippen LogP contribution in [0.15, 0.2) is 18.0 Å². The van der Waals surface area contributed by atoms with Gasteiger partial charge in [-0.1, -0.05) is 0 Å². The van der Waals surface area contributed by atoms with Crippen molar-refractivity contribution in [2.75, 3.05) is 0 Å². The molecule has 0 saturated carbocycles. The molecule has 0 aliphatic carbocycles. The molecule has 0 spiro atoms. The summed E-state index contributed by atoms with van der Waals surface area (Å²) in [7, 11) is -2.53. The molecule has 0 fully saturated rings. The Morgan fingerprint density at radius 3 is 2.08 bits per heavy atom. The SMILES string of the molecule is O=C(O)C(=O)Op1oc(=O)c(=O)o1. The average Bonchev–Trinajstić information content (AvgIpc) is 2.31. The van der Waals surface area contributed by atoms with E-state index in [-0.39, 0.29) is 0 Å². The second-order valence-corrected chi connectivity index (χ2v) is 2.66. The van der Waals surface area contributed by atoms with E-state index in [1.807, 2.05) is 0 Å². The fraction of sp³-hybridized carbons (Fsp3) is 0. The minimum absolute atomic E-state index is 1.32. The topological polar surface area (TPSA) is 124 Å². The van der Waals surface area contributed by atoms with Crippen LogP contribution in [-0.4, -0.2) is 17.0 Å². The molecule has 8 nitrogen and oxygen atoms in total. The van der Waals surface area contributed by atoms with Gasteiger partial charge < -0.3 is 18.0 Å². The third-order valence-electron chi connectivity index (χ3n) is 0.814. The standard InChI is InChI=1S/C4HO8P/c5-1(6)2(7)10-13-11-3(8)4(9)12-13/h(H,5,6). The number of hydrogen-bond donors (Lipinski definition) is 1. The molecular formula is C4HO8P. The molecule has 0 amide bonds. The van der Waals surface area contributed by atoms with Gasteiger partial charge in [0.25, 0.3) is 0 Å². The summed E-state index contributed by atoms with van der Waals surface area (Å²) in [4.78, 5) is 40.9. The molecule has 0 atom stereocenters. The Morgan fingerprint density at radius 2 is 1.69 bits per heavy atom. The van der Waals surface area contributed by atoms with Crippen molar-refractivity contribution in [3.05, 3.63) is 20.8 Å². The summed E-state index contributed by atoms with van der Waals surface area (Å²) in [6.45, 7) is 0. The van der Waals surface area contributed by atoms with Gasteiger partial charge in [-0.2, -0.15) is 0 Å². The summed E-state index contributed by atoms with van der Waals surface area (Å²) >= 11 is 0. The minimum atomic E-state index is -2.53. The van der Waals surface area contributed by atoms with Crippen molar-refractivity contribution >= 4 is 20.2 Å². The van der Waals surface area contributed by atoms with Crippen molar-refractivity contribution in [1.82, 2.24) is 0 Å². The van der Waals surface area contributed by atoms with Crippen molar-refractivity contribution in [3.8, 4) is 0 Å². The second kappa shape index (κ2) is 3.28. The first kappa shape index (κ1) is 9.27. The zero-order valence-corrected chi connectivity index (χ0v) is 6.65. The first-order valence-corrected chi connectivity index (χ1v) is 3.80. The van der Waals surface area contributed by atoms with Crippen LogP contribution >= 0.6 is 8.24 Å². The van der Waals surface area contributed by atoms with Crippen LogP contribution < -0.4 is 15.8 Å². The molecule has 1 heterocycles. The van der Waals surface area contributed by atoms with Crippen LogP contribution in [0.1, 0.15) is 0 Å². The number of carbonyl (C=O) groups is 2. The quantitative estimate of drug-likeness (QED) is 0.559. The van der Waals surface area contributed by atoms with Crippen LogP contribution in [-0.2, 0) is 9.59 Å². The van der Waals surface area contributed by atoms with Crippen LogP contribution in [0, 0.1) is 0 Å². The van der Waals surface area contributed by atoms with Gasteiger partial charge >= 0.3 is 31.4 Å². The van der Waals surface area contributed by atoms with E-state index in [2.05, 4.69) is 12.9 Å². The normalized spacial score (nSPS) is 9.54. The Kier molecular flexibility index (Phi) is 2.34. The highest BCUT2D eigenvalue weighted by atomic mass is 31.1. The van der Waals surface area contributed by atoms with Crippen molar-refractivity contribution in [1.29, 1.82) is 0 Å². The highest BCUT2D eigenvalue weighted by Gasteiger charge is 2.19. The molecule has 0 aromatic carbocycles. The van der Waals surface area contributed by atoms with E-state index in [4.69, 9.17) is 5.11 Å². The Balaban J connectivity index is 2.88. The fourth-order valence-electron chi connectivity index (χ4n) is 0.373. The van der Waals surface area contributed by atoms with Crippen molar-refractivity contribution < 1.29 is 27.6 Å². The number of carboxylic acid groups (broad SMARTS) is 1. The predicted molar refractivity (Wildman–Crippen MR) is 35.4 cm³/mol.